The fourth-order valence-corrected chi connectivity index (χ4v) is 1.90. The van der Waals surface area contributed by atoms with Crippen LogP contribution in [0.15, 0.2) is 18.2 Å². The van der Waals surface area contributed by atoms with E-state index in [2.05, 4.69) is 0 Å². The Morgan fingerprint density at radius 3 is 2.95 bits per heavy atom. The minimum Gasteiger partial charge on any atom is -0.479 e. The van der Waals surface area contributed by atoms with Crippen molar-refractivity contribution in [2.45, 2.75) is 38.9 Å². The molecule has 1 aliphatic heterocycles. The van der Waals surface area contributed by atoms with Crippen molar-refractivity contribution in [1.29, 1.82) is 0 Å². The highest BCUT2D eigenvalue weighted by Gasteiger charge is 2.18. The number of carboxylic acid groups (broad SMARTS) is 1. The highest BCUT2D eigenvalue weighted by Crippen LogP contribution is 2.32. The smallest absolute Gasteiger partial charge is 0.332 e. The second-order valence-electron chi connectivity index (χ2n) is 4.47. The summed E-state index contributed by atoms with van der Waals surface area (Å²) in [6, 6.07) is 5.48. The number of unbranched alkanes of at least 4 members (excludes halogenated alkanes) is 1. The highest BCUT2D eigenvalue weighted by molar-refractivity contribution is 5.72. The first-order valence-corrected chi connectivity index (χ1v) is 6.43. The van der Waals surface area contributed by atoms with Crippen molar-refractivity contribution in [2.24, 2.45) is 0 Å². The lowest BCUT2D eigenvalue weighted by molar-refractivity contribution is -0.151. The second-order valence-corrected chi connectivity index (χ2v) is 4.47. The summed E-state index contributed by atoms with van der Waals surface area (Å²) in [6.07, 6.45) is 1.59. The molecule has 5 nitrogen and oxygen atoms in total. The Morgan fingerprint density at radius 1 is 1.42 bits per heavy atom. The van der Waals surface area contributed by atoms with Gasteiger partial charge >= 0.3 is 5.97 Å². The molecule has 1 aromatic carbocycles. The summed E-state index contributed by atoms with van der Waals surface area (Å²) in [7, 11) is 0. The number of carbonyl (C=O) groups is 1. The Morgan fingerprint density at radius 2 is 2.21 bits per heavy atom. The lowest BCUT2D eigenvalue weighted by atomic mass is 10.1. The van der Waals surface area contributed by atoms with Gasteiger partial charge in [-0.05, 0) is 24.1 Å². The van der Waals surface area contributed by atoms with E-state index in [1.165, 1.54) is 0 Å². The van der Waals surface area contributed by atoms with Crippen molar-refractivity contribution in [3.05, 3.63) is 23.8 Å². The van der Waals surface area contributed by atoms with Gasteiger partial charge in [-0.3, -0.25) is 0 Å². The zero-order valence-corrected chi connectivity index (χ0v) is 10.9. The number of aliphatic carboxylic acids is 1. The van der Waals surface area contributed by atoms with Crippen LogP contribution in [0.1, 0.15) is 31.7 Å². The van der Waals surface area contributed by atoms with Crippen molar-refractivity contribution < 1.29 is 24.1 Å². The number of rotatable bonds is 7. The number of hydrogen-bond donors (Lipinski definition) is 1. The van der Waals surface area contributed by atoms with Crippen LogP contribution in [0.25, 0.3) is 0 Å². The maximum absolute atomic E-state index is 11.0. The largest absolute Gasteiger partial charge is 0.479 e. The van der Waals surface area contributed by atoms with Crippen molar-refractivity contribution >= 4 is 5.97 Å². The molecule has 0 amide bonds. The van der Waals surface area contributed by atoms with Gasteiger partial charge in [-0.1, -0.05) is 25.8 Å². The van der Waals surface area contributed by atoms with E-state index in [4.69, 9.17) is 19.3 Å². The Balaban J connectivity index is 1.91. The van der Waals surface area contributed by atoms with Gasteiger partial charge in [0, 0.05) is 0 Å². The van der Waals surface area contributed by atoms with Gasteiger partial charge in [0.05, 0.1) is 6.61 Å². The molecule has 104 valence electrons. The minimum atomic E-state index is -0.908. The molecule has 0 spiro atoms. The first kappa shape index (κ1) is 13.7. The molecular formula is C14H18O5. The molecule has 1 unspecified atom stereocenters. The van der Waals surface area contributed by atoms with E-state index in [9.17, 15) is 4.79 Å². The molecule has 2 rings (SSSR count). The van der Waals surface area contributed by atoms with Crippen LogP contribution in [0, 0.1) is 0 Å². The lowest BCUT2D eigenvalue weighted by Gasteiger charge is -2.13. The third kappa shape index (κ3) is 3.61. The molecule has 0 saturated carbocycles. The Labute approximate surface area is 112 Å². The van der Waals surface area contributed by atoms with Gasteiger partial charge in [0.25, 0.3) is 0 Å². The van der Waals surface area contributed by atoms with Crippen LogP contribution >= 0.6 is 0 Å². The summed E-state index contributed by atoms with van der Waals surface area (Å²) >= 11 is 0. The van der Waals surface area contributed by atoms with Gasteiger partial charge in [0.1, 0.15) is 0 Å². The molecule has 0 fully saturated rings. The maximum Gasteiger partial charge on any atom is 0.332 e. The number of hydrogen-bond acceptors (Lipinski definition) is 4. The van der Waals surface area contributed by atoms with E-state index in [0.717, 1.165) is 18.4 Å². The molecule has 1 atom stereocenters. The monoisotopic (exact) mass is 266 g/mol. The number of fused-ring (bicyclic) bond motifs is 1. The molecule has 0 aromatic heterocycles. The third-order valence-corrected chi connectivity index (χ3v) is 2.98. The zero-order valence-electron chi connectivity index (χ0n) is 10.9. The predicted octanol–water partition coefficient (Wildman–Crippen LogP) is 2.58. The van der Waals surface area contributed by atoms with Crippen LogP contribution in [0.5, 0.6) is 11.5 Å². The number of benzene rings is 1. The molecule has 5 heteroatoms. The molecule has 0 radical (unpaired) electrons. The average molecular weight is 266 g/mol. The van der Waals surface area contributed by atoms with Crippen LogP contribution in [0.3, 0.4) is 0 Å². The summed E-state index contributed by atoms with van der Waals surface area (Å²) < 4.78 is 15.9. The number of ether oxygens (including phenoxy) is 3. The van der Waals surface area contributed by atoms with E-state index in [0.29, 0.717) is 17.9 Å². The van der Waals surface area contributed by atoms with Crippen molar-refractivity contribution in [2.75, 3.05) is 6.79 Å². The Hall–Kier alpha value is -1.75. The Kier molecular flexibility index (Phi) is 4.63. The lowest BCUT2D eigenvalue weighted by Crippen LogP contribution is -2.23. The van der Waals surface area contributed by atoms with E-state index >= 15 is 0 Å². The van der Waals surface area contributed by atoms with E-state index in [-0.39, 0.29) is 13.4 Å². The summed E-state index contributed by atoms with van der Waals surface area (Å²) in [4.78, 5) is 11.0. The Bertz CT molecular complexity index is 443. The molecule has 19 heavy (non-hydrogen) atoms. The molecule has 1 N–H and O–H groups in total. The fraction of sp³-hybridized carbons (Fsp3) is 0.500. The van der Waals surface area contributed by atoms with E-state index < -0.39 is 12.1 Å². The summed E-state index contributed by atoms with van der Waals surface area (Å²) in [6.45, 7) is 2.52. The zero-order chi connectivity index (χ0) is 13.7. The topological polar surface area (TPSA) is 65.0 Å². The van der Waals surface area contributed by atoms with E-state index in [1.807, 2.05) is 25.1 Å². The first-order chi connectivity index (χ1) is 9.20. The van der Waals surface area contributed by atoms with E-state index in [1.54, 1.807) is 0 Å². The highest BCUT2D eigenvalue weighted by atomic mass is 16.7. The normalized spacial score (nSPS) is 14.4. The van der Waals surface area contributed by atoms with Gasteiger partial charge in [-0.25, -0.2) is 4.79 Å². The van der Waals surface area contributed by atoms with Crippen LogP contribution < -0.4 is 9.47 Å². The molecular weight excluding hydrogens is 248 g/mol. The quantitative estimate of drug-likeness (QED) is 0.821. The van der Waals surface area contributed by atoms with Gasteiger partial charge in [-0.15, -0.1) is 0 Å². The van der Waals surface area contributed by atoms with Crippen LogP contribution in [-0.2, 0) is 16.1 Å². The molecule has 1 heterocycles. The van der Waals surface area contributed by atoms with Gasteiger partial charge in [0.2, 0.25) is 6.79 Å². The SMILES string of the molecule is CCCCC(OCc1ccc2c(c1)OCO2)C(=O)O. The third-order valence-electron chi connectivity index (χ3n) is 2.98. The summed E-state index contributed by atoms with van der Waals surface area (Å²) in [5.74, 6) is 0.486. The molecule has 1 aliphatic rings. The molecule has 1 aromatic rings. The fourth-order valence-electron chi connectivity index (χ4n) is 1.90. The van der Waals surface area contributed by atoms with Gasteiger partial charge in [-0.2, -0.15) is 0 Å². The number of carboxylic acids is 1. The van der Waals surface area contributed by atoms with Gasteiger partial charge < -0.3 is 19.3 Å². The maximum atomic E-state index is 11.0. The van der Waals surface area contributed by atoms with Crippen molar-refractivity contribution in [3.8, 4) is 11.5 Å². The molecule has 0 bridgehead atoms. The van der Waals surface area contributed by atoms with Crippen molar-refractivity contribution in [1.82, 2.24) is 0 Å². The standard InChI is InChI=1S/C14H18O5/c1-2-3-4-12(14(15)16)17-8-10-5-6-11-13(7-10)19-9-18-11/h5-7,12H,2-4,8-9H2,1H3,(H,15,16). The summed E-state index contributed by atoms with van der Waals surface area (Å²) in [5.41, 5.74) is 0.881. The molecule has 0 aliphatic carbocycles. The predicted molar refractivity (Wildman–Crippen MR) is 68.3 cm³/mol. The second kappa shape index (κ2) is 6.43. The van der Waals surface area contributed by atoms with Gasteiger partial charge in [0.15, 0.2) is 17.6 Å². The van der Waals surface area contributed by atoms with Crippen LogP contribution in [0.2, 0.25) is 0 Å². The molecule has 0 saturated heterocycles. The average Bonchev–Trinajstić information content (AvgIpc) is 2.85. The minimum absolute atomic E-state index is 0.230. The van der Waals surface area contributed by atoms with Crippen LogP contribution in [-0.4, -0.2) is 24.0 Å². The summed E-state index contributed by atoms with van der Waals surface area (Å²) in [5, 5.41) is 9.06. The first-order valence-electron chi connectivity index (χ1n) is 6.43. The van der Waals surface area contributed by atoms with Crippen molar-refractivity contribution in [3.63, 3.8) is 0 Å². The van der Waals surface area contributed by atoms with Crippen LogP contribution in [0.4, 0.5) is 0 Å².